The summed E-state index contributed by atoms with van der Waals surface area (Å²) in [4.78, 5) is 16.6. The Labute approximate surface area is 146 Å². The summed E-state index contributed by atoms with van der Waals surface area (Å²) in [7, 11) is 0. The van der Waals surface area contributed by atoms with Gasteiger partial charge in [0.2, 0.25) is 0 Å². The third-order valence-corrected chi connectivity index (χ3v) is 3.58. The summed E-state index contributed by atoms with van der Waals surface area (Å²) < 4.78 is 15.9. The molecule has 5 nitrogen and oxygen atoms in total. The molecular weight excluding hydrogens is 318 g/mol. The van der Waals surface area contributed by atoms with Crippen LogP contribution in [0.3, 0.4) is 0 Å². The van der Waals surface area contributed by atoms with Crippen molar-refractivity contribution in [3.05, 3.63) is 72.3 Å². The zero-order valence-electron chi connectivity index (χ0n) is 14.0. The average Bonchev–Trinajstić information content (AvgIpc) is 3.16. The fourth-order valence-electron chi connectivity index (χ4n) is 2.37. The van der Waals surface area contributed by atoms with Crippen LogP contribution in [0.4, 0.5) is 0 Å². The zero-order chi connectivity index (χ0) is 17.5. The number of pyridine rings is 1. The lowest BCUT2D eigenvalue weighted by Gasteiger charge is -2.07. The van der Waals surface area contributed by atoms with Crippen LogP contribution in [-0.4, -0.2) is 24.2 Å². The second kappa shape index (κ2) is 8.15. The summed E-state index contributed by atoms with van der Waals surface area (Å²) in [6.07, 6.45) is 2.14. The van der Waals surface area contributed by atoms with E-state index in [2.05, 4.69) is 4.98 Å². The molecule has 25 heavy (non-hydrogen) atoms. The van der Waals surface area contributed by atoms with Crippen LogP contribution in [0.2, 0.25) is 0 Å². The number of ether oxygens (including phenoxy) is 2. The van der Waals surface area contributed by atoms with E-state index in [0.29, 0.717) is 18.7 Å². The van der Waals surface area contributed by atoms with Crippen molar-refractivity contribution in [3.8, 4) is 17.0 Å². The van der Waals surface area contributed by atoms with Gasteiger partial charge in [-0.25, -0.2) is 9.78 Å². The largest absolute Gasteiger partial charge is 0.494 e. The maximum Gasteiger partial charge on any atom is 0.356 e. The molecular formula is C20H19NO4. The summed E-state index contributed by atoms with van der Waals surface area (Å²) in [6.45, 7) is 2.81. The normalized spacial score (nSPS) is 10.4. The maximum absolute atomic E-state index is 12.2. The molecule has 0 aliphatic heterocycles. The second-order valence-corrected chi connectivity index (χ2v) is 5.33. The molecule has 0 saturated heterocycles. The van der Waals surface area contributed by atoms with E-state index in [0.717, 1.165) is 17.1 Å². The molecule has 0 unspecified atom stereocenters. The molecule has 0 radical (unpaired) electrons. The first kappa shape index (κ1) is 16.8. The van der Waals surface area contributed by atoms with E-state index >= 15 is 0 Å². The molecule has 0 atom stereocenters. The Balaban J connectivity index is 1.64. The Kier molecular flexibility index (Phi) is 5.46. The summed E-state index contributed by atoms with van der Waals surface area (Å²) in [5.41, 5.74) is 1.91. The lowest BCUT2D eigenvalue weighted by atomic mass is 10.1. The Bertz CT molecular complexity index is 810. The molecule has 5 heteroatoms. The van der Waals surface area contributed by atoms with Gasteiger partial charge in [-0.15, -0.1) is 0 Å². The number of aromatic nitrogens is 1. The van der Waals surface area contributed by atoms with Crippen LogP contribution >= 0.6 is 0 Å². The van der Waals surface area contributed by atoms with Crippen molar-refractivity contribution in [2.24, 2.45) is 0 Å². The maximum atomic E-state index is 12.2. The molecule has 0 fully saturated rings. The fourth-order valence-corrected chi connectivity index (χ4v) is 2.37. The predicted molar refractivity (Wildman–Crippen MR) is 93.5 cm³/mol. The van der Waals surface area contributed by atoms with Gasteiger partial charge in [0.05, 0.1) is 25.2 Å². The quantitative estimate of drug-likeness (QED) is 0.606. The van der Waals surface area contributed by atoms with Crippen LogP contribution in [0.5, 0.6) is 5.75 Å². The number of benzene rings is 1. The summed E-state index contributed by atoms with van der Waals surface area (Å²) >= 11 is 0. The lowest BCUT2D eigenvalue weighted by Crippen LogP contribution is -2.10. The van der Waals surface area contributed by atoms with Gasteiger partial charge in [-0.05, 0) is 55.5 Å². The molecule has 1 aromatic carbocycles. The molecule has 0 spiro atoms. The van der Waals surface area contributed by atoms with Crippen molar-refractivity contribution in [3.63, 3.8) is 0 Å². The highest BCUT2D eigenvalue weighted by atomic mass is 16.5. The Morgan fingerprint density at radius 2 is 1.92 bits per heavy atom. The number of hydrogen-bond donors (Lipinski definition) is 0. The van der Waals surface area contributed by atoms with E-state index in [1.54, 1.807) is 24.5 Å². The van der Waals surface area contributed by atoms with Crippen LogP contribution in [-0.2, 0) is 11.2 Å². The van der Waals surface area contributed by atoms with Crippen LogP contribution in [0.1, 0.15) is 23.2 Å². The molecule has 0 aliphatic rings. The molecule has 0 saturated carbocycles. The van der Waals surface area contributed by atoms with Gasteiger partial charge in [0.1, 0.15) is 17.2 Å². The molecule has 0 amide bonds. The van der Waals surface area contributed by atoms with Crippen molar-refractivity contribution in [1.82, 2.24) is 4.98 Å². The molecule has 3 rings (SSSR count). The zero-order valence-corrected chi connectivity index (χ0v) is 14.0. The fraction of sp³-hybridized carbons (Fsp3) is 0.200. The molecule has 2 aromatic heterocycles. The van der Waals surface area contributed by atoms with Gasteiger partial charge < -0.3 is 13.9 Å². The molecule has 0 bridgehead atoms. The Morgan fingerprint density at radius 3 is 2.64 bits per heavy atom. The van der Waals surface area contributed by atoms with Crippen molar-refractivity contribution in [2.75, 3.05) is 13.2 Å². The van der Waals surface area contributed by atoms with Crippen molar-refractivity contribution < 1.29 is 18.7 Å². The van der Waals surface area contributed by atoms with Crippen LogP contribution in [0, 0.1) is 0 Å². The number of furan rings is 1. The molecule has 0 N–H and O–H groups in total. The van der Waals surface area contributed by atoms with Crippen molar-refractivity contribution in [1.29, 1.82) is 0 Å². The standard InChI is InChI=1S/C20H19NO4/c1-2-23-17-10-8-15(9-11-17)18-6-3-7-19(21-18)20(22)25-14-12-16-5-4-13-24-16/h3-11,13H,2,12,14H2,1H3. The number of hydrogen-bond acceptors (Lipinski definition) is 5. The highest BCUT2D eigenvalue weighted by molar-refractivity contribution is 5.88. The van der Waals surface area contributed by atoms with Crippen molar-refractivity contribution in [2.45, 2.75) is 13.3 Å². The van der Waals surface area contributed by atoms with Gasteiger partial charge >= 0.3 is 5.97 Å². The van der Waals surface area contributed by atoms with Gasteiger partial charge in [-0.3, -0.25) is 0 Å². The topological polar surface area (TPSA) is 61.6 Å². The van der Waals surface area contributed by atoms with Gasteiger partial charge in [-0.2, -0.15) is 0 Å². The molecule has 128 valence electrons. The van der Waals surface area contributed by atoms with Gasteiger partial charge in [-0.1, -0.05) is 6.07 Å². The minimum atomic E-state index is -0.445. The number of carbonyl (C=O) groups is 1. The van der Waals surface area contributed by atoms with E-state index in [9.17, 15) is 4.79 Å². The second-order valence-electron chi connectivity index (χ2n) is 5.33. The Morgan fingerprint density at radius 1 is 1.08 bits per heavy atom. The average molecular weight is 337 g/mol. The van der Waals surface area contributed by atoms with E-state index in [-0.39, 0.29) is 12.3 Å². The van der Waals surface area contributed by atoms with Crippen LogP contribution < -0.4 is 4.74 Å². The summed E-state index contributed by atoms with van der Waals surface area (Å²) in [5, 5.41) is 0. The lowest BCUT2D eigenvalue weighted by molar-refractivity contribution is 0.0498. The smallest absolute Gasteiger partial charge is 0.356 e. The van der Waals surface area contributed by atoms with E-state index in [1.165, 1.54) is 0 Å². The first-order chi connectivity index (χ1) is 12.3. The number of esters is 1. The minimum absolute atomic E-state index is 0.251. The first-order valence-electron chi connectivity index (χ1n) is 8.16. The third kappa shape index (κ3) is 4.47. The van der Waals surface area contributed by atoms with Crippen LogP contribution in [0.15, 0.2) is 65.3 Å². The first-order valence-corrected chi connectivity index (χ1v) is 8.16. The van der Waals surface area contributed by atoms with Crippen LogP contribution in [0.25, 0.3) is 11.3 Å². The summed E-state index contributed by atoms with van der Waals surface area (Å²) in [5.74, 6) is 1.14. The number of carbonyl (C=O) groups excluding carboxylic acids is 1. The van der Waals surface area contributed by atoms with Gasteiger partial charge in [0, 0.05) is 12.0 Å². The molecule has 3 aromatic rings. The van der Waals surface area contributed by atoms with Gasteiger partial charge in [0.15, 0.2) is 0 Å². The number of nitrogens with zero attached hydrogens (tertiary/aromatic N) is 1. The molecule has 0 aliphatic carbocycles. The minimum Gasteiger partial charge on any atom is -0.494 e. The van der Waals surface area contributed by atoms with Gasteiger partial charge in [0.25, 0.3) is 0 Å². The highest BCUT2D eigenvalue weighted by Crippen LogP contribution is 2.21. The summed E-state index contributed by atoms with van der Waals surface area (Å²) in [6, 6.07) is 16.5. The van der Waals surface area contributed by atoms with Crippen molar-refractivity contribution >= 4 is 5.97 Å². The number of rotatable bonds is 7. The monoisotopic (exact) mass is 337 g/mol. The molecule has 2 heterocycles. The third-order valence-electron chi connectivity index (χ3n) is 3.58. The highest BCUT2D eigenvalue weighted by Gasteiger charge is 2.11. The van der Waals surface area contributed by atoms with E-state index in [1.807, 2.05) is 43.3 Å². The van der Waals surface area contributed by atoms with E-state index < -0.39 is 5.97 Å². The van der Waals surface area contributed by atoms with E-state index in [4.69, 9.17) is 13.9 Å². The Hall–Kier alpha value is -3.08. The SMILES string of the molecule is CCOc1ccc(-c2cccc(C(=O)OCCc3ccco3)n2)cc1. The predicted octanol–water partition coefficient (Wildman–Crippen LogP) is 4.14.